The van der Waals surface area contributed by atoms with Crippen molar-refractivity contribution in [2.75, 3.05) is 12.4 Å². The van der Waals surface area contributed by atoms with Gasteiger partial charge in [0.25, 0.3) is 0 Å². The molecule has 66 heavy (non-hydrogen) atoms. The van der Waals surface area contributed by atoms with Crippen LogP contribution >= 0.6 is 0 Å². The largest absolute Gasteiger partial charge is 0.388 e. The zero-order chi connectivity index (χ0) is 44.0. The van der Waals surface area contributed by atoms with Crippen molar-refractivity contribution < 1.29 is 0 Å². The monoisotopic (exact) mass is 845 g/mol. The van der Waals surface area contributed by atoms with Gasteiger partial charge in [-0.3, -0.25) is 0 Å². The van der Waals surface area contributed by atoms with Crippen molar-refractivity contribution in [3.63, 3.8) is 0 Å². The maximum Gasteiger partial charge on any atom is 0.0599 e. The lowest BCUT2D eigenvalue weighted by Crippen LogP contribution is -2.23. The van der Waals surface area contributed by atoms with Crippen molar-refractivity contribution in [3.05, 3.63) is 253 Å². The third-order valence-electron chi connectivity index (χ3n) is 13.6. The SMILES string of the molecule is CNc1ccccc1C(NCc1cccc2cc(-n3c4cc(-c5ccccc5)c5ccccc5c4c4c5ccccc5c(-c5ccccc5)cc43)ccc12)c1ccc(-c2ccccc2)cc1. The topological polar surface area (TPSA) is 29.0 Å². The van der Waals surface area contributed by atoms with Crippen LogP contribution in [0.4, 0.5) is 5.69 Å². The minimum absolute atomic E-state index is 0.0344. The average molecular weight is 846 g/mol. The summed E-state index contributed by atoms with van der Waals surface area (Å²) in [6.45, 7) is 0.689. The highest BCUT2D eigenvalue weighted by Crippen LogP contribution is 2.46. The van der Waals surface area contributed by atoms with Gasteiger partial charge < -0.3 is 15.2 Å². The first-order valence-electron chi connectivity index (χ1n) is 22.9. The zero-order valence-corrected chi connectivity index (χ0v) is 36.7. The summed E-state index contributed by atoms with van der Waals surface area (Å²) in [6.07, 6.45) is 0. The van der Waals surface area contributed by atoms with Gasteiger partial charge in [0.1, 0.15) is 0 Å². The molecule has 0 spiro atoms. The molecule has 0 aliphatic carbocycles. The second-order valence-corrected chi connectivity index (χ2v) is 17.3. The van der Waals surface area contributed by atoms with Gasteiger partial charge in [0.2, 0.25) is 0 Å². The molecular weight excluding hydrogens is 799 g/mol. The molecule has 3 heteroatoms. The van der Waals surface area contributed by atoms with Crippen molar-refractivity contribution >= 4 is 59.8 Å². The molecular formula is C63H47N3. The van der Waals surface area contributed by atoms with E-state index in [1.54, 1.807) is 0 Å². The van der Waals surface area contributed by atoms with E-state index in [1.807, 2.05) is 7.05 Å². The van der Waals surface area contributed by atoms with Crippen LogP contribution in [0.15, 0.2) is 237 Å². The molecule has 1 atom stereocenters. The predicted molar refractivity (Wildman–Crippen MR) is 281 cm³/mol. The normalized spacial score (nSPS) is 12.1. The van der Waals surface area contributed by atoms with Crippen molar-refractivity contribution in [2.45, 2.75) is 12.6 Å². The molecule has 11 aromatic carbocycles. The summed E-state index contributed by atoms with van der Waals surface area (Å²) >= 11 is 0. The van der Waals surface area contributed by atoms with E-state index < -0.39 is 0 Å². The van der Waals surface area contributed by atoms with Crippen molar-refractivity contribution in [3.8, 4) is 39.1 Å². The number of anilines is 1. The molecule has 0 bridgehead atoms. The van der Waals surface area contributed by atoms with Crippen molar-refractivity contribution in [1.29, 1.82) is 0 Å². The lowest BCUT2D eigenvalue weighted by atomic mass is 9.92. The molecule has 2 N–H and O–H groups in total. The molecule has 0 aliphatic heterocycles. The first-order valence-corrected chi connectivity index (χ1v) is 22.9. The molecule has 0 saturated heterocycles. The Morgan fingerprint density at radius 2 is 0.924 bits per heavy atom. The van der Waals surface area contributed by atoms with Crippen LogP contribution in [0.25, 0.3) is 93.2 Å². The number of hydrogen-bond donors (Lipinski definition) is 2. The fourth-order valence-corrected chi connectivity index (χ4v) is 10.4. The molecule has 1 heterocycles. The van der Waals surface area contributed by atoms with Gasteiger partial charge >= 0.3 is 0 Å². The van der Waals surface area contributed by atoms with Crippen LogP contribution in [0.5, 0.6) is 0 Å². The van der Waals surface area contributed by atoms with Gasteiger partial charge in [0.15, 0.2) is 0 Å². The van der Waals surface area contributed by atoms with E-state index in [9.17, 15) is 0 Å². The molecule has 0 radical (unpaired) electrons. The Labute approximate surface area is 385 Å². The zero-order valence-electron chi connectivity index (χ0n) is 36.7. The number of aromatic nitrogens is 1. The Morgan fingerprint density at radius 3 is 1.52 bits per heavy atom. The van der Waals surface area contributed by atoms with Gasteiger partial charge in [0, 0.05) is 35.7 Å². The number of hydrogen-bond acceptors (Lipinski definition) is 2. The van der Waals surface area contributed by atoms with Crippen LogP contribution in [0, 0.1) is 0 Å². The molecule has 0 fully saturated rings. The molecule has 0 saturated carbocycles. The third-order valence-corrected chi connectivity index (χ3v) is 13.6. The van der Waals surface area contributed by atoms with Crippen LogP contribution in [0.2, 0.25) is 0 Å². The first-order chi connectivity index (χ1) is 32.7. The summed E-state index contributed by atoms with van der Waals surface area (Å²) in [7, 11) is 2.00. The number of benzene rings is 11. The number of rotatable bonds is 10. The maximum atomic E-state index is 4.02. The Kier molecular flexibility index (Phi) is 9.97. The van der Waals surface area contributed by atoms with Gasteiger partial charge in [-0.2, -0.15) is 0 Å². The van der Waals surface area contributed by atoms with E-state index in [1.165, 1.54) is 104 Å². The fourth-order valence-electron chi connectivity index (χ4n) is 10.4. The molecule has 1 unspecified atom stereocenters. The molecule has 12 aromatic rings. The average Bonchev–Trinajstić information content (AvgIpc) is 3.73. The summed E-state index contributed by atoms with van der Waals surface area (Å²) < 4.78 is 2.52. The summed E-state index contributed by atoms with van der Waals surface area (Å²) in [5.41, 5.74) is 15.6. The maximum absolute atomic E-state index is 4.02. The third kappa shape index (κ3) is 6.80. The molecule has 3 nitrogen and oxygen atoms in total. The Bertz CT molecular complexity index is 3590. The summed E-state index contributed by atoms with van der Waals surface area (Å²) in [6, 6.07) is 86.5. The lowest BCUT2D eigenvalue weighted by molar-refractivity contribution is 0.608. The quantitative estimate of drug-likeness (QED) is 0.144. The van der Waals surface area contributed by atoms with Crippen molar-refractivity contribution in [1.82, 2.24) is 9.88 Å². The number of nitrogens with one attached hydrogen (secondary N) is 2. The smallest absolute Gasteiger partial charge is 0.0599 e. The fraction of sp³-hybridized carbons (Fsp3) is 0.0476. The van der Waals surface area contributed by atoms with Crippen LogP contribution in [-0.4, -0.2) is 11.6 Å². The van der Waals surface area contributed by atoms with Crippen LogP contribution in [-0.2, 0) is 6.54 Å². The standard InChI is InChI=1S/C63H47N3/c1-64-58-31-16-15-30-55(58)63(46-34-32-43(33-35-46)42-18-5-2-6-19-42)65-41-48-25-17-24-47-38-49(36-37-50(47)48)66-59-39-56(44-20-7-3-8-21-44)51-26-11-13-28-53(51)61(59)62-54-29-14-12-27-52(54)57(40-60(62)66)45-22-9-4-10-23-45/h2-40,63-65H,41H2,1H3. The highest BCUT2D eigenvalue weighted by Gasteiger charge is 2.23. The van der Waals surface area contributed by atoms with E-state index in [4.69, 9.17) is 0 Å². The Balaban J connectivity index is 1.02. The van der Waals surface area contributed by atoms with E-state index in [-0.39, 0.29) is 6.04 Å². The number of fused-ring (bicyclic) bond motifs is 8. The van der Waals surface area contributed by atoms with E-state index in [2.05, 4.69) is 252 Å². The van der Waals surface area contributed by atoms with Crippen LogP contribution in [0.3, 0.4) is 0 Å². The Hall–Kier alpha value is -8.24. The molecule has 12 rings (SSSR count). The van der Waals surface area contributed by atoms with E-state index in [0.717, 1.165) is 11.4 Å². The molecule has 0 amide bonds. The van der Waals surface area contributed by atoms with Gasteiger partial charge in [-0.05, 0) is 113 Å². The first kappa shape index (κ1) is 39.4. The van der Waals surface area contributed by atoms with Crippen LogP contribution < -0.4 is 10.6 Å². The van der Waals surface area contributed by atoms with Crippen LogP contribution in [0.1, 0.15) is 22.7 Å². The lowest BCUT2D eigenvalue weighted by Gasteiger charge is -2.23. The van der Waals surface area contributed by atoms with Crippen molar-refractivity contribution in [2.24, 2.45) is 0 Å². The Morgan fingerprint density at radius 1 is 0.409 bits per heavy atom. The second kappa shape index (κ2) is 16.7. The summed E-state index contributed by atoms with van der Waals surface area (Å²) in [5, 5.41) is 17.5. The van der Waals surface area contributed by atoms with Gasteiger partial charge in [-0.1, -0.05) is 206 Å². The number of nitrogens with zero attached hydrogens (tertiary/aromatic N) is 1. The van der Waals surface area contributed by atoms with Gasteiger partial charge in [-0.25, -0.2) is 0 Å². The molecule has 0 aliphatic rings. The molecule has 314 valence electrons. The minimum atomic E-state index is -0.0344. The van der Waals surface area contributed by atoms with Gasteiger partial charge in [0.05, 0.1) is 17.1 Å². The van der Waals surface area contributed by atoms with E-state index >= 15 is 0 Å². The summed E-state index contributed by atoms with van der Waals surface area (Å²) in [4.78, 5) is 0. The predicted octanol–water partition coefficient (Wildman–Crippen LogP) is 16.2. The highest BCUT2D eigenvalue weighted by molar-refractivity contribution is 6.31. The highest BCUT2D eigenvalue weighted by atomic mass is 15.0. The molecule has 1 aromatic heterocycles. The van der Waals surface area contributed by atoms with Gasteiger partial charge in [-0.15, -0.1) is 0 Å². The number of para-hydroxylation sites is 1. The summed E-state index contributed by atoms with van der Waals surface area (Å²) in [5.74, 6) is 0. The second-order valence-electron chi connectivity index (χ2n) is 17.3. The van der Waals surface area contributed by atoms with E-state index in [0.29, 0.717) is 6.54 Å². The minimum Gasteiger partial charge on any atom is -0.388 e.